The van der Waals surface area contributed by atoms with E-state index in [4.69, 9.17) is 9.78 Å². The molecule has 0 saturated heterocycles. The number of nitrogens with one attached hydrogen (secondary N) is 1. The summed E-state index contributed by atoms with van der Waals surface area (Å²) in [6.45, 7) is 0. The van der Waals surface area contributed by atoms with E-state index in [1.165, 1.54) is 0 Å². The molecule has 4 heteroatoms. The molecule has 0 fully saturated rings. The maximum absolute atomic E-state index is 12.6. The van der Waals surface area contributed by atoms with Gasteiger partial charge in [-0.05, 0) is 35.7 Å². The molecule has 1 N–H and O–H groups in total. The fourth-order valence-corrected chi connectivity index (χ4v) is 2.80. The first-order chi connectivity index (χ1) is 13.3. The Morgan fingerprint density at radius 3 is 2.15 bits per heavy atom. The third kappa shape index (κ3) is 3.75. The van der Waals surface area contributed by atoms with E-state index in [1.807, 2.05) is 72.8 Å². The van der Waals surface area contributed by atoms with Crippen LogP contribution in [0.1, 0.15) is 10.4 Å². The van der Waals surface area contributed by atoms with Crippen LogP contribution < -0.4 is 15.1 Å². The van der Waals surface area contributed by atoms with Gasteiger partial charge in [0.05, 0.1) is 5.56 Å². The highest BCUT2D eigenvalue weighted by molar-refractivity contribution is 6.06. The Morgan fingerprint density at radius 1 is 0.630 bits per heavy atom. The summed E-state index contributed by atoms with van der Waals surface area (Å²) < 4.78 is 0. The molecule has 0 bridgehead atoms. The van der Waals surface area contributed by atoms with Crippen molar-refractivity contribution in [3.05, 3.63) is 103 Å². The van der Waals surface area contributed by atoms with Crippen LogP contribution in [-0.4, -0.2) is 5.91 Å². The third-order valence-electron chi connectivity index (χ3n) is 4.13. The van der Waals surface area contributed by atoms with E-state index >= 15 is 0 Å². The van der Waals surface area contributed by atoms with Crippen LogP contribution in [-0.2, 0) is 0 Å². The summed E-state index contributed by atoms with van der Waals surface area (Å²) in [6, 6.07) is 29.8. The van der Waals surface area contributed by atoms with Crippen LogP contribution in [0.15, 0.2) is 97.1 Å². The Kier molecular flexibility index (Phi) is 4.70. The number of hydrogen-bond donors (Lipinski definition) is 1. The lowest BCUT2D eigenvalue weighted by molar-refractivity contribution is -0.0987. The number of anilines is 1. The van der Waals surface area contributed by atoms with Gasteiger partial charge in [0, 0.05) is 11.1 Å². The Bertz CT molecular complexity index is 1070. The number of carbonyl (C=O) groups is 1. The van der Waals surface area contributed by atoms with Gasteiger partial charge in [-0.1, -0.05) is 66.7 Å². The van der Waals surface area contributed by atoms with Crippen LogP contribution in [0.2, 0.25) is 0 Å². The van der Waals surface area contributed by atoms with Gasteiger partial charge >= 0.3 is 0 Å². The highest BCUT2D eigenvalue weighted by atomic mass is 17.2. The standard InChI is InChI=1S/C23H17NO3/c25-23(24-18-11-2-1-3-12-18)20-14-6-7-15-22(20)27-26-21-16-8-10-17-9-4-5-13-19(17)21/h1-16H,(H,24,25). The van der Waals surface area contributed by atoms with E-state index in [9.17, 15) is 4.79 Å². The molecule has 0 radical (unpaired) electrons. The van der Waals surface area contributed by atoms with Crippen LogP contribution in [0.5, 0.6) is 11.5 Å². The molecule has 0 atom stereocenters. The Hall–Kier alpha value is -3.79. The maximum Gasteiger partial charge on any atom is 0.259 e. The molecular formula is C23H17NO3. The second-order valence-electron chi connectivity index (χ2n) is 5.96. The molecule has 0 aromatic heterocycles. The third-order valence-corrected chi connectivity index (χ3v) is 4.13. The van der Waals surface area contributed by atoms with Gasteiger partial charge in [0.15, 0.2) is 11.5 Å². The Balaban J connectivity index is 1.55. The van der Waals surface area contributed by atoms with E-state index in [2.05, 4.69) is 5.32 Å². The van der Waals surface area contributed by atoms with Gasteiger partial charge in [-0.15, -0.1) is 0 Å². The molecule has 0 spiro atoms. The molecule has 4 rings (SSSR count). The molecule has 4 nitrogen and oxygen atoms in total. The van der Waals surface area contributed by atoms with Crippen molar-refractivity contribution in [2.75, 3.05) is 5.32 Å². The predicted octanol–water partition coefficient (Wildman–Crippen LogP) is 5.46. The van der Waals surface area contributed by atoms with Crippen molar-refractivity contribution in [1.82, 2.24) is 0 Å². The van der Waals surface area contributed by atoms with Gasteiger partial charge in [0.1, 0.15) is 0 Å². The number of hydrogen-bond acceptors (Lipinski definition) is 3. The van der Waals surface area contributed by atoms with Crippen LogP contribution in [0.4, 0.5) is 5.69 Å². The fraction of sp³-hybridized carbons (Fsp3) is 0. The monoisotopic (exact) mass is 355 g/mol. The second kappa shape index (κ2) is 7.62. The summed E-state index contributed by atoms with van der Waals surface area (Å²) in [5.74, 6) is 0.670. The van der Waals surface area contributed by atoms with Crippen molar-refractivity contribution in [3.63, 3.8) is 0 Å². The van der Waals surface area contributed by atoms with E-state index in [0.717, 1.165) is 10.8 Å². The zero-order chi connectivity index (χ0) is 18.5. The first kappa shape index (κ1) is 16.7. The van der Waals surface area contributed by atoms with Gasteiger partial charge in [-0.25, -0.2) is 0 Å². The highest BCUT2D eigenvalue weighted by Gasteiger charge is 2.14. The number of benzene rings is 4. The first-order valence-corrected chi connectivity index (χ1v) is 8.59. The number of carbonyl (C=O) groups excluding carboxylic acids is 1. The van der Waals surface area contributed by atoms with Gasteiger partial charge in [0.2, 0.25) is 0 Å². The molecule has 1 amide bonds. The minimum atomic E-state index is -0.265. The van der Waals surface area contributed by atoms with E-state index in [-0.39, 0.29) is 5.91 Å². The smallest absolute Gasteiger partial charge is 0.259 e. The lowest BCUT2D eigenvalue weighted by atomic mass is 10.1. The molecule has 0 unspecified atom stereocenters. The lowest BCUT2D eigenvalue weighted by Crippen LogP contribution is -2.14. The summed E-state index contributed by atoms with van der Waals surface area (Å²) in [5, 5.41) is 4.84. The van der Waals surface area contributed by atoms with Crippen molar-refractivity contribution in [1.29, 1.82) is 0 Å². The van der Waals surface area contributed by atoms with Crippen LogP contribution in [0.25, 0.3) is 10.8 Å². The van der Waals surface area contributed by atoms with Crippen LogP contribution in [0, 0.1) is 0 Å². The summed E-state index contributed by atoms with van der Waals surface area (Å²) in [7, 11) is 0. The largest absolute Gasteiger partial charge is 0.322 e. The SMILES string of the molecule is O=C(Nc1ccccc1)c1ccccc1OOc1cccc2ccccc12. The van der Waals surface area contributed by atoms with Gasteiger partial charge in [0.25, 0.3) is 5.91 Å². The molecule has 132 valence electrons. The molecule has 0 heterocycles. The quantitative estimate of drug-likeness (QED) is 0.382. The number of rotatable bonds is 5. The minimum Gasteiger partial charge on any atom is -0.322 e. The van der Waals surface area contributed by atoms with E-state index < -0.39 is 0 Å². The van der Waals surface area contributed by atoms with Crippen molar-refractivity contribution >= 4 is 22.4 Å². The molecule has 0 aliphatic carbocycles. The summed E-state index contributed by atoms with van der Waals surface area (Å²) in [4.78, 5) is 23.7. The van der Waals surface area contributed by atoms with E-state index in [1.54, 1.807) is 24.3 Å². The molecule has 0 aliphatic rings. The second-order valence-corrected chi connectivity index (χ2v) is 5.96. The average molecular weight is 355 g/mol. The van der Waals surface area contributed by atoms with Crippen LogP contribution in [0.3, 0.4) is 0 Å². The lowest BCUT2D eigenvalue weighted by Gasteiger charge is -2.12. The van der Waals surface area contributed by atoms with Gasteiger partial charge in [-0.3, -0.25) is 14.6 Å². The molecule has 27 heavy (non-hydrogen) atoms. The van der Waals surface area contributed by atoms with Gasteiger partial charge in [-0.2, -0.15) is 0 Å². The van der Waals surface area contributed by atoms with E-state index in [0.29, 0.717) is 22.7 Å². The van der Waals surface area contributed by atoms with Crippen molar-refractivity contribution in [2.24, 2.45) is 0 Å². The number of fused-ring (bicyclic) bond motifs is 1. The molecule has 0 aliphatic heterocycles. The highest BCUT2D eigenvalue weighted by Crippen LogP contribution is 2.27. The summed E-state index contributed by atoms with van der Waals surface area (Å²) in [6.07, 6.45) is 0. The van der Waals surface area contributed by atoms with Gasteiger partial charge < -0.3 is 5.32 Å². The normalized spacial score (nSPS) is 10.4. The maximum atomic E-state index is 12.6. The minimum absolute atomic E-state index is 0.265. The van der Waals surface area contributed by atoms with Crippen molar-refractivity contribution < 1.29 is 14.6 Å². The summed E-state index contributed by atoms with van der Waals surface area (Å²) >= 11 is 0. The molecule has 4 aromatic carbocycles. The number of amides is 1. The first-order valence-electron chi connectivity index (χ1n) is 8.59. The molecule has 0 saturated carbocycles. The topological polar surface area (TPSA) is 47.6 Å². The summed E-state index contributed by atoms with van der Waals surface area (Å²) in [5.41, 5.74) is 1.11. The number of para-hydroxylation sites is 2. The Morgan fingerprint density at radius 2 is 1.26 bits per heavy atom. The van der Waals surface area contributed by atoms with Crippen LogP contribution >= 0.6 is 0 Å². The molecule has 4 aromatic rings. The average Bonchev–Trinajstić information content (AvgIpc) is 2.73. The zero-order valence-electron chi connectivity index (χ0n) is 14.5. The fourth-order valence-electron chi connectivity index (χ4n) is 2.80. The van der Waals surface area contributed by atoms with Crippen molar-refractivity contribution in [3.8, 4) is 11.5 Å². The Labute approximate surface area is 156 Å². The zero-order valence-corrected chi connectivity index (χ0v) is 14.5. The predicted molar refractivity (Wildman–Crippen MR) is 106 cm³/mol. The van der Waals surface area contributed by atoms with Crippen molar-refractivity contribution in [2.45, 2.75) is 0 Å². The molecular weight excluding hydrogens is 338 g/mol.